The largest absolute Gasteiger partial charge is 0.393 e. The van der Waals surface area contributed by atoms with Gasteiger partial charge in [0.2, 0.25) is 5.91 Å². The molecule has 0 radical (unpaired) electrons. The van der Waals surface area contributed by atoms with Crippen molar-refractivity contribution in [3.63, 3.8) is 0 Å². The molecule has 0 atom stereocenters. The molecule has 0 spiro atoms. The summed E-state index contributed by atoms with van der Waals surface area (Å²) in [7, 11) is 1.52. The minimum absolute atomic E-state index is 0.00204. The predicted molar refractivity (Wildman–Crippen MR) is 64.8 cm³/mol. The van der Waals surface area contributed by atoms with E-state index in [1.807, 2.05) is 0 Å². The van der Waals surface area contributed by atoms with E-state index >= 15 is 0 Å². The van der Waals surface area contributed by atoms with Crippen LogP contribution in [0.5, 0.6) is 0 Å². The first kappa shape index (κ1) is 14.3. The molecule has 0 aromatic carbocycles. The van der Waals surface area contributed by atoms with E-state index in [0.717, 1.165) is 19.4 Å². The molecule has 15 heavy (non-hydrogen) atoms. The van der Waals surface area contributed by atoms with Crippen molar-refractivity contribution in [1.29, 1.82) is 0 Å². The van der Waals surface area contributed by atoms with Crippen molar-refractivity contribution in [1.82, 2.24) is 4.90 Å². The number of nitrogens with two attached hydrogens (primary N) is 1. The van der Waals surface area contributed by atoms with E-state index in [4.69, 9.17) is 22.7 Å². The van der Waals surface area contributed by atoms with Gasteiger partial charge in [-0.2, -0.15) is 0 Å². The highest BCUT2D eigenvalue weighted by molar-refractivity contribution is 7.80. The third-order valence-electron chi connectivity index (χ3n) is 2.03. The number of unbranched alkanes of at least 4 members (excludes halogenated alkanes) is 1. The van der Waals surface area contributed by atoms with Gasteiger partial charge < -0.3 is 15.4 Å². The topological polar surface area (TPSA) is 55.6 Å². The number of rotatable bonds is 8. The van der Waals surface area contributed by atoms with Gasteiger partial charge in [0.05, 0.1) is 4.99 Å². The zero-order chi connectivity index (χ0) is 11.7. The first-order valence-electron chi connectivity index (χ1n) is 5.16. The molecule has 2 N–H and O–H groups in total. The summed E-state index contributed by atoms with van der Waals surface area (Å²) in [5.74, 6) is 0.00204. The van der Waals surface area contributed by atoms with Gasteiger partial charge in [-0.1, -0.05) is 25.6 Å². The molecule has 0 aliphatic rings. The van der Waals surface area contributed by atoms with Gasteiger partial charge in [0, 0.05) is 26.6 Å². The van der Waals surface area contributed by atoms with Crippen LogP contribution in [0.4, 0.5) is 0 Å². The Kier molecular flexibility index (Phi) is 8.22. The molecule has 1 amide bonds. The average Bonchev–Trinajstić information content (AvgIpc) is 2.17. The van der Waals surface area contributed by atoms with Crippen LogP contribution in [0.3, 0.4) is 0 Å². The Bertz CT molecular complexity index is 210. The molecule has 0 rings (SSSR count). The second kappa shape index (κ2) is 8.61. The van der Waals surface area contributed by atoms with Crippen LogP contribution < -0.4 is 5.73 Å². The van der Waals surface area contributed by atoms with E-state index < -0.39 is 0 Å². The summed E-state index contributed by atoms with van der Waals surface area (Å²) in [6.45, 7) is 3.56. The minimum Gasteiger partial charge on any atom is -0.393 e. The van der Waals surface area contributed by atoms with Gasteiger partial charge in [-0.15, -0.1) is 0 Å². The Hall–Kier alpha value is -0.680. The highest BCUT2D eigenvalue weighted by Gasteiger charge is 2.12. The van der Waals surface area contributed by atoms with Crippen LogP contribution in [0, 0.1) is 0 Å². The van der Waals surface area contributed by atoms with E-state index in [1.54, 1.807) is 4.90 Å². The van der Waals surface area contributed by atoms with E-state index in [-0.39, 0.29) is 12.5 Å². The number of methoxy groups -OCH3 is 1. The van der Waals surface area contributed by atoms with Crippen molar-refractivity contribution in [2.75, 3.05) is 26.8 Å². The fourth-order valence-corrected chi connectivity index (χ4v) is 1.26. The minimum atomic E-state index is 0.00204. The maximum Gasteiger partial charge on any atom is 0.248 e. The third-order valence-corrected chi connectivity index (χ3v) is 2.23. The highest BCUT2D eigenvalue weighted by atomic mass is 32.1. The van der Waals surface area contributed by atoms with Crippen molar-refractivity contribution >= 4 is 23.1 Å². The molecule has 5 heteroatoms. The number of carbonyl (C=O) groups excluding carboxylic acids is 1. The SMILES string of the molecule is CCCCN(CCC(N)=S)C(=O)COC. The first-order valence-corrected chi connectivity index (χ1v) is 5.57. The van der Waals surface area contributed by atoms with Gasteiger partial charge in [-0.05, 0) is 6.42 Å². The number of hydrogen-bond donors (Lipinski definition) is 1. The van der Waals surface area contributed by atoms with Crippen LogP contribution in [0.1, 0.15) is 26.2 Å². The molecule has 0 heterocycles. The van der Waals surface area contributed by atoms with E-state index in [0.29, 0.717) is 18.0 Å². The second-order valence-corrected chi connectivity index (χ2v) is 3.91. The van der Waals surface area contributed by atoms with Crippen LogP contribution in [0.2, 0.25) is 0 Å². The van der Waals surface area contributed by atoms with Crippen molar-refractivity contribution < 1.29 is 9.53 Å². The third kappa shape index (κ3) is 7.27. The number of thiocarbonyl (C=S) groups is 1. The number of amides is 1. The van der Waals surface area contributed by atoms with Crippen LogP contribution in [0.15, 0.2) is 0 Å². The van der Waals surface area contributed by atoms with E-state index in [9.17, 15) is 4.79 Å². The van der Waals surface area contributed by atoms with E-state index in [2.05, 4.69) is 6.92 Å². The summed E-state index contributed by atoms with van der Waals surface area (Å²) >= 11 is 4.79. The normalized spacial score (nSPS) is 10.0. The fourth-order valence-electron chi connectivity index (χ4n) is 1.17. The molecule has 0 fully saturated rings. The monoisotopic (exact) mass is 232 g/mol. The molecule has 0 aromatic heterocycles. The molecule has 4 nitrogen and oxygen atoms in total. The van der Waals surface area contributed by atoms with Crippen LogP contribution in [0.25, 0.3) is 0 Å². The lowest BCUT2D eigenvalue weighted by atomic mass is 10.3. The summed E-state index contributed by atoms with van der Waals surface area (Å²) in [4.78, 5) is 13.8. The molecule has 0 aromatic rings. The molecule has 0 unspecified atom stereocenters. The molecular formula is C10H20N2O2S. The van der Waals surface area contributed by atoms with Crippen molar-refractivity contribution in [2.24, 2.45) is 5.73 Å². The smallest absolute Gasteiger partial charge is 0.248 e. The number of hydrogen-bond acceptors (Lipinski definition) is 3. The Morgan fingerprint density at radius 3 is 2.60 bits per heavy atom. The Balaban J connectivity index is 4.04. The van der Waals surface area contributed by atoms with Crippen LogP contribution in [-0.2, 0) is 9.53 Å². The standard InChI is InChI=1S/C10H20N2O2S/c1-3-4-6-12(7-5-9(11)15)10(13)8-14-2/h3-8H2,1-2H3,(H2,11,15). The zero-order valence-corrected chi connectivity index (χ0v) is 10.3. The van der Waals surface area contributed by atoms with Crippen molar-refractivity contribution in [2.45, 2.75) is 26.2 Å². The highest BCUT2D eigenvalue weighted by Crippen LogP contribution is 1.98. The van der Waals surface area contributed by atoms with Gasteiger partial charge in [0.25, 0.3) is 0 Å². The lowest BCUT2D eigenvalue weighted by molar-refractivity contribution is -0.135. The molecular weight excluding hydrogens is 212 g/mol. The van der Waals surface area contributed by atoms with Crippen LogP contribution in [-0.4, -0.2) is 42.6 Å². The van der Waals surface area contributed by atoms with Crippen LogP contribution >= 0.6 is 12.2 Å². The average molecular weight is 232 g/mol. The molecule has 0 saturated carbocycles. The van der Waals surface area contributed by atoms with Crippen molar-refractivity contribution in [3.8, 4) is 0 Å². The molecule has 88 valence electrons. The Morgan fingerprint density at radius 1 is 1.47 bits per heavy atom. The number of ether oxygens (including phenoxy) is 1. The van der Waals surface area contributed by atoms with Gasteiger partial charge >= 0.3 is 0 Å². The quantitative estimate of drug-likeness (QED) is 0.633. The predicted octanol–water partition coefficient (Wildman–Crippen LogP) is 0.938. The maximum atomic E-state index is 11.6. The summed E-state index contributed by atoms with van der Waals surface area (Å²) in [5.41, 5.74) is 5.41. The van der Waals surface area contributed by atoms with Gasteiger partial charge in [0.1, 0.15) is 6.61 Å². The van der Waals surface area contributed by atoms with Gasteiger partial charge in [0.15, 0.2) is 0 Å². The molecule has 0 saturated heterocycles. The molecule has 0 aliphatic heterocycles. The van der Waals surface area contributed by atoms with Gasteiger partial charge in [-0.25, -0.2) is 0 Å². The second-order valence-electron chi connectivity index (χ2n) is 3.38. The molecule has 0 aliphatic carbocycles. The van der Waals surface area contributed by atoms with Gasteiger partial charge in [-0.3, -0.25) is 4.79 Å². The van der Waals surface area contributed by atoms with E-state index in [1.165, 1.54) is 7.11 Å². The number of carbonyl (C=O) groups is 1. The maximum absolute atomic E-state index is 11.6. The summed E-state index contributed by atoms with van der Waals surface area (Å²) in [6.07, 6.45) is 2.63. The lowest BCUT2D eigenvalue weighted by Gasteiger charge is -2.21. The van der Waals surface area contributed by atoms with Crippen molar-refractivity contribution in [3.05, 3.63) is 0 Å². The Labute approximate surface area is 96.8 Å². The zero-order valence-electron chi connectivity index (χ0n) is 9.49. The summed E-state index contributed by atoms with van der Waals surface area (Å²) in [6, 6.07) is 0. The number of nitrogens with zero attached hydrogens (tertiary/aromatic N) is 1. The Morgan fingerprint density at radius 2 is 2.13 bits per heavy atom. The molecule has 0 bridgehead atoms. The fraction of sp³-hybridized carbons (Fsp3) is 0.800. The lowest BCUT2D eigenvalue weighted by Crippen LogP contribution is -2.36. The first-order chi connectivity index (χ1) is 7.11. The summed E-state index contributed by atoms with van der Waals surface area (Å²) < 4.78 is 4.82. The summed E-state index contributed by atoms with van der Waals surface area (Å²) in [5, 5.41) is 0.